The summed E-state index contributed by atoms with van der Waals surface area (Å²) in [6.45, 7) is 5.44. The van der Waals surface area contributed by atoms with Gasteiger partial charge in [-0.2, -0.15) is 0 Å². The first kappa shape index (κ1) is 14.4. The van der Waals surface area contributed by atoms with Gasteiger partial charge in [0.05, 0.1) is 24.7 Å². The molecule has 0 atom stereocenters. The number of aromatic nitrogens is 2. The molecule has 0 saturated carbocycles. The lowest BCUT2D eigenvalue weighted by Crippen LogP contribution is -2.35. The minimum Gasteiger partial charge on any atom is -0.497 e. The second kappa shape index (κ2) is 6.91. The number of piperidine rings is 1. The number of likely N-dealkylation sites (tertiary alicyclic amines) is 1. The second-order valence-electron chi connectivity index (χ2n) is 5.65. The van der Waals surface area contributed by atoms with E-state index in [-0.39, 0.29) is 0 Å². The lowest BCUT2D eigenvalue weighted by Gasteiger charge is -2.26. The number of rotatable bonds is 6. The summed E-state index contributed by atoms with van der Waals surface area (Å²) in [5.41, 5.74) is 2.02. The Morgan fingerprint density at radius 2 is 2.14 bits per heavy atom. The van der Waals surface area contributed by atoms with Gasteiger partial charge in [0.15, 0.2) is 0 Å². The first-order chi connectivity index (χ1) is 10.3. The van der Waals surface area contributed by atoms with Gasteiger partial charge in [0.2, 0.25) is 0 Å². The van der Waals surface area contributed by atoms with E-state index in [1.165, 1.54) is 32.4 Å². The van der Waals surface area contributed by atoms with E-state index in [1.54, 1.807) is 7.11 Å². The van der Waals surface area contributed by atoms with Gasteiger partial charge in [0.25, 0.3) is 0 Å². The van der Waals surface area contributed by atoms with Crippen molar-refractivity contribution in [2.75, 3.05) is 33.3 Å². The van der Waals surface area contributed by atoms with E-state index in [9.17, 15) is 0 Å². The van der Waals surface area contributed by atoms with Crippen molar-refractivity contribution in [1.82, 2.24) is 20.2 Å². The van der Waals surface area contributed by atoms with E-state index in [0.717, 1.165) is 42.2 Å². The predicted octanol–water partition coefficient (Wildman–Crippen LogP) is 2.15. The zero-order valence-electron chi connectivity index (χ0n) is 12.7. The highest BCUT2D eigenvalue weighted by Crippen LogP contribution is 2.18. The number of aromatic amines is 1. The standard InChI is InChI=1S/C16H24N4O/c1-21-13-5-6-14-15(11-13)19-16(18-14)12-17-7-10-20-8-3-2-4-9-20/h5-6,11,17H,2-4,7-10,12H2,1H3,(H,18,19). The number of nitrogens with one attached hydrogen (secondary N) is 2. The predicted molar refractivity (Wildman–Crippen MR) is 84.6 cm³/mol. The van der Waals surface area contributed by atoms with Crippen LogP contribution in [0.2, 0.25) is 0 Å². The van der Waals surface area contributed by atoms with Gasteiger partial charge >= 0.3 is 0 Å². The van der Waals surface area contributed by atoms with Gasteiger partial charge in [-0.05, 0) is 38.1 Å². The fourth-order valence-corrected chi connectivity index (χ4v) is 2.88. The maximum atomic E-state index is 5.23. The maximum Gasteiger partial charge on any atom is 0.121 e. The van der Waals surface area contributed by atoms with Gasteiger partial charge in [0, 0.05) is 19.2 Å². The first-order valence-electron chi connectivity index (χ1n) is 7.81. The van der Waals surface area contributed by atoms with Gasteiger partial charge in [-0.1, -0.05) is 6.42 Å². The maximum absolute atomic E-state index is 5.23. The molecule has 1 aliphatic heterocycles. The molecule has 0 aliphatic carbocycles. The Kier molecular flexibility index (Phi) is 4.72. The molecule has 2 heterocycles. The number of hydrogen-bond donors (Lipinski definition) is 2. The summed E-state index contributed by atoms with van der Waals surface area (Å²) in [7, 11) is 1.68. The first-order valence-corrected chi connectivity index (χ1v) is 7.81. The summed E-state index contributed by atoms with van der Waals surface area (Å²) in [6, 6.07) is 5.91. The summed E-state index contributed by atoms with van der Waals surface area (Å²) in [5, 5.41) is 3.47. The van der Waals surface area contributed by atoms with Gasteiger partial charge in [-0.15, -0.1) is 0 Å². The van der Waals surface area contributed by atoms with Crippen LogP contribution in [0.3, 0.4) is 0 Å². The minimum absolute atomic E-state index is 0.783. The van der Waals surface area contributed by atoms with Crippen molar-refractivity contribution < 1.29 is 4.74 Å². The number of benzene rings is 1. The lowest BCUT2D eigenvalue weighted by atomic mass is 10.1. The molecule has 21 heavy (non-hydrogen) atoms. The minimum atomic E-state index is 0.783. The van der Waals surface area contributed by atoms with Crippen LogP contribution in [-0.2, 0) is 6.54 Å². The third kappa shape index (κ3) is 3.74. The number of H-pyrrole nitrogens is 1. The summed E-state index contributed by atoms with van der Waals surface area (Å²) in [6.07, 6.45) is 4.10. The van der Waals surface area contributed by atoms with Crippen molar-refractivity contribution in [3.63, 3.8) is 0 Å². The Hall–Kier alpha value is -1.59. The molecule has 1 aromatic carbocycles. The zero-order valence-corrected chi connectivity index (χ0v) is 12.7. The average molecular weight is 288 g/mol. The monoisotopic (exact) mass is 288 g/mol. The van der Waals surface area contributed by atoms with Crippen molar-refractivity contribution in [3.8, 4) is 5.75 Å². The van der Waals surface area contributed by atoms with Crippen molar-refractivity contribution in [1.29, 1.82) is 0 Å². The highest BCUT2D eigenvalue weighted by molar-refractivity contribution is 5.76. The van der Waals surface area contributed by atoms with E-state index >= 15 is 0 Å². The Morgan fingerprint density at radius 3 is 2.95 bits per heavy atom. The van der Waals surface area contributed by atoms with Crippen LogP contribution in [0.25, 0.3) is 11.0 Å². The van der Waals surface area contributed by atoms with Gasteiger partial charge in [-0.25, -0.2) is 4.98 Å². The molecule has 1 fully saturated rings. The van der Waals surface area contributed by atoms with Gasteiger partial charge in [-0.3, -0.25) is 0 Å². The van der Waals surface area contributed by atoms with Crippen LogP contribution < -0.4 is 10.1 Å². The average Bonchev–Trinajstić information content (AvgIpc) is 2.94. The third-order valence-corrected chi connectivity index (χ3v) is 4.08. The van der Waals surface area contributed by atoms with Gasteiger partial charge in [0.1, 0.15) is 11.6 Å². The van der Waals surface area contributed by atoms with Crippen LogP contribution in [0.5, 0.6) is 5.75 Å². The summed E-state index contributed by atoms with van der Waals surface area (Å²) < 4.78 is 5.23. The van der Waals surface area contributed by atoms with E-state index in [0.29, 0.717) is 0 Å². The molecular weight excluding hydrogens is 264 g/mol. The molecule has 1 aliphatic rings. The largest absolute Gasteiger partial charge is 0.497 e. The molecule has 2 aromatic rings. The molecule has 114 valence electrons. The fourth-order valence-electron chi connectivity index (χ4n) is 2.88. The van der Waals surface area contributed by atoms with Crippen molar-refractivity contribution in [2.45, 2.75) is 25.8 Å². The van der Waals surface area contributed by atoms with E-state index in [4.69, 9.17) is 4.74 Å². The van der Waals surface area contributed by atoms with Crippen molar-refractivity contribution >= 4 is 11.0 Å². The molecule has 2 N–H and O–H groups in total. The summed E-state index contributed by atoms with van der Waals surface area (Å²) in [4.78, 5) is 10.5. The van der Waals surface area contributed by atoms with E-state index in [1.807, 2.05) is 18.2 Å². The SMILES string of the molecule is COc1ccc2nc(CNCCN3CCCCC3)[nH]c2c1. The van der Waals surface area contributed by atoms with Crippen LogP contribution in [-0.4, -0.2) is 48.2 Å². The smallest absolute Gasteiger partial charge is 0.121 e. The Bertz CT molecular complexity index is 575. The molecule has 1 aromatic heterocycles. The summed E-state index contributed by atoms with van der Waals surface area (Å²) in [5.74, 6) is 1.84. The number of methoxy groups -OCH3 is 1. The number of fused-ring (bicyclic) bond motifs is 1. The number of imidazole rings is 1. The molecule has 0 bridgehead atoms. The van der Waals surface area contributed by atoms with Crippen molar-refractivity contribution in [3.05, 3.63) is 24.0 Å². The third-order valence-electron chi connectivity index (χ3n) is 4.08. The van der Waals surface area contributed by atoms with Gasteiger partial charge < -0.3 is 19.9 Å². The normalized spacial score (nSPS) is 16.4. The molecule has 0 amide bonds. The van der Waals surface area contributed by atoms with E-state index in [2.05, 4.69) is 20.2 Å². The molecule has 1 saturated heterocycles. The lowest BCUT2D eigenvalue weighted by molar-refractivity contribution is 0.229. The van der Waals surface area contributed by atoms with Crippen LogP contribution >= 0.6 is 0 Å². The molecule has 0 radical (unpaired) electrons. The Labute approximate surface area is 125 Å². The molecular formula is C16H24N4O. The quantitative estimate of drug-likeness (QED) is 0.800. The highest BCUT2D eigenvalue weighted by Gasteiger charge is 2.09. The molecule has 0 spiro atoms. The number of hydrogen-bond acceptors (Lipinski definition) is 4. The summed E-state index contributed by atoms with van der Waals surface area (Å²) >= 11 is 0. The highest BCUT2D eigenvalue weighted by atomic mass is 16.5. The number of nitrogens with zero attached hydrogens (tertiary/aromatic N) is 2. The van der Waals surface area contributed by atoms with Crippen LogP contribution in [0.1, 0.15) is 25.1 Å². The van der Waals surface area contributed by atoms with Crippen LogP contribution in [0.15, 0.2) is 18.2 Å². The van der Waals surface area contributed by atoms with Crippen LogP contribution in [0, 0.1) is 0 Å². The molecule has 0 unspecified atom stereocenters. The Balaban J connectivity index is 1.48. The fraction of sp³-hybridized carbons (Fsp3) is 0.562. The van der Waals surface area contributed by atoms with Crippen LogP contribution in [0.4, 0.5) is 0 Å². The van der Waals surface area contributed by atoms with E-state index < -0.39 is 0 Å². The topological polar surface area (TPSA) is 53.2 Å². The zero-order chi connectivity index (χ0) is 14.5. The van der Waals surface area contributed by atoms with Crippen molar-refractivity contribution in [2.24, 2.45) is 0 Å². The molecule has 3 rings (SSSR count). The second-order valence-corrected chi connectivity index (χ2v) is 5.65. The Morgan fingerprint density at radius 1 is 1.29 bits per heavy atom. The number of ether oxygens (including phenoxy) is 1. The molecule has 5 nitrogen and oxygen atoms in total. The molecule has 5 heteroatoms.